The van der Waals surface area contributed by atoms with Crippen LogP contribution in [0.25, 0.3) is 0 Å². The number of hydrogen-bond donors (Lipinski definition) is 1. The minimum Gasteiger partial charge on any atom is -0.464 e. The summed E-state index contributed by atoms with van der Waals surface area (Å²) in [5, 5.41) is 8.67. The second-order valence-corrected chi connectivity index (χ2v) is 10.5. The highest BCUT2D eigenvalue weighted by Crippen LogP contribution is 2.61. The van der Waals surface area contributed by atoms with Gasteiger partial charge in [0.15, 0.2) is 17.5 Å². The molecular formula is C32H30F3N3O5. The second kappa shape index (κ2) is 11.3. The molecule has 1 amide bonds. The number of carbonyl (C=O) groups is 3. The zero-order chi connectivity index (χ0) is 31.1. The van der Waals surface area contributed by atoms with Gasteiger partial charge in [-0.3, -0.25) is 10.1 Å². The first-order valence-corrected chi connectivity index (χ1v) is 13.8. The molecule has 0 bridgehead atoms. The van der Waals surface area contributed by atoms with Crippen LogP contribution in [0.15, 0.2) is 71.8 Å². The van der Waals surface area contributed by atoms with E-state index in [2.05, 4.69) is 10.4 Å². The highest BCUT2D eigenvalue weighted by Gasteiger charge is 2.76. The molecule has 1 N–H and O–H groups in total. The van der Waals surface area contributed by atoms with Gasteiger partial charge in [0, 0.05) is 5.92 Å². The predicted octanol–water partition coefficient (Wildman–Crippen LogP) is 5.11. The summed E-state index contributed by atoms with van der Waals surface area (Å²) in [6.07, 6.45) is 0. The summed E-state index contributed by atoms with van der Waals surface area (Å²) in [7, 11) is 0. The van der Waals surface area contributed by atoms with Crippen LogP contribution in [0, 0.1) is 29.8 Å². The van der Waals surface area contributed by atoms with Gasteiger partial charge in [-0.05, 0) is 63.1 Å². The maximum Gasteiger partial charge on any atom is 0.338 e. The number of halogens is 3. The molecule has 2 heterocycles. The van der Waals surface area contributed by atoms with E-state index in [-0.39, 0.29) is 24.5 Å². The van der Waals surface area contributed by atoms with Crippen molar-refractivity contribution in [2.45, 2.75) is 45.2 Å². The first-order chi connectivity index (χ1) is 20.5. The smallest absolute Gasteiger partial charge is 0.338 e. The van der Waals surface area contributed by atoms with Crippen molar-refractivity contribution in [1.29, 1.82) is 0 Å². The van der Waals surface area contributed by atoms with Crippen LogP contribution in [0.5, 0.6) is 0 Å². The van der Waals surface area contributed by atoms with Crippen LogP contribution in [-0.2, 0) is 23.9 Å². The molecule has 1 spiro atoms. The average molecular weight is 594 g/mol. The number of amides is 1. The van der Waals surface area contributed by atoms with Crippen molar-refractivity contribution in [3.05, 3.63) is 101 Å². The van der Waals surface area contributed by atoms with Crippen LogP contribution in [0.2, 0.25) is 0 Å². The lowest BCUT2D eigenvalue weighted by atomic mass is 9.61. The fraction of sp³-hybridized carbons (Fsp3) is 0.312. The topological polar surface area (TPSA) is 97.3 Å². The van der Waals surface area contributed by atoms with Gasteiger partial charge in [-0.15, -0.1) is 0 Å². The first-order valence-electron chi connectivity index (χ1n) is 13.8. The van der Waals surface area contributed by atoms with Crippen LogP contribution in [-0.4, -0.2) is 42.3 Å². The van der Waals surface area contributed by atoms with Crippen molar-refractivity contribution in [3.63, 3.8) is 0 Å². The lowest BCUT2D eigenvalue weighted by Crippen LogP contribution is -2.60. The van der Waals surface area contributed by atoms with Crippen molar-refractivity contribution >= 4 is 29.2 Å². The van der Waals surface area contributed by atoms with E-state index in [1.807, 2.05) is 6.92 Å². The van der Waals surface area contributed by atoms with E-state index in [9.17, 15) is 27.6 Å². The second-order valence-electron chi connectivity index (χ2n) is 10.5. The summed E-state index contributed by atoms with van der Waals surface area (Å²) in [5.74, 6) is -8.90. The average Bonchev–Trinajstić information content (AvgIpc) is 3.46. The van der Waals surface area contributed by atoms with Gasteiger partial charge in [0.05, 0.1) is 30.7 Å². The van der Waals surface area contributed by atoms with Crippen LogP contribution >= 0.6 is 0 Å². The number of nitrogens with zero attached hydrogens (tertiary/aromatic N) is 2. The molecule has 11 heteroatoms. The number of nitrogens with one attached hydrogen (secondary N) is 1. The monoisotopic (exact) mass is 593 g/mol. The number of carbonyl (C=O) groups excluding carboxylic acids is 3. The Morgan fingerprint density at radius 2 is 1.44 bits per heavy atom. The molecule has 0 aromatic heterocycles. The maximum absolute atomic E-state index is 14.9. The van der Waals surface area contributed by atoms with Gasteiger partial charge < -0.3 is 9.47 Å². The summed E-state index contributed by atoms with van der Waals surface area (Å²) >= 11 is 0. The minimum atomic E-state index is -2.38. The van der Waals surface area contributed by atoms with Crippen LogP contribution < -0.4 is 10.3 Å². The zero-order valence-corrected chi connectivity index (χ0v) is 24.0. The molecule has 0 unspecified atom stereocenters. The highest BCUT2D eigenvalue weighted by atomic mass is 19.2. The molecule has 3 atom stereocenters. The molecule has 0 saturated carbocycles. The Balaban J connectivity index is 1.89. The minimum absolute atomic E-state index is 0.128. The van der Waals surface area contributed by atoms with Gasteiger partial charge in [-0.2, -0.15) is 10.1 Å². The zero-order valence-electron chi connectivity index (χ0n) is 24.0. The standard InChI is InChI=1S/C32H30F3N3O5/c1-5-42-29(40)32(30(41)43-6-2)26(20-14-12-18(3)13-15-20)31(27(36-32)21-16-23(33)25(35)24(34)17-21)19(4)37-38(28(31)39)22-10-8-7-9-11-22/h7-17,26-27,36H,5-6H2,1-4H3/t26-,27+,31+/m0/s1. The van der Waals surface area contributed by atoms with Gasteiger partial charge in [0.2, 0.25) is 5.54 Å². The normalized spacial score (nSPS) is 22.5. The van der Waals surface area contributed by atoms with Crippen molar-refractivity contribution < 1.29 is 37.0 Å². The maximum atomic E-state index is 14.9. The Bertz CT molecular complexity index is 1570. The molecule has 1 fully saturated rings. The third-order valence-corrected chi connectivity index (χ3v) is 8.06. The van der Waals surface area contributed by atoms with E-state index < -0.39 is 58.2 Å². The summed E-state index contributed by atoms with van der Waals surface area (Å²) in [4.78, 5) is 43.0. The van der Waals surface area contributed by atoms with Crippen LogP contribution in [0.1, 0.15) is 49.4 Å². The Labute approximate surface area is 246 Å². The SMILES string of the molecule is CCOC(=O)C1(C(=O)OCC)N[C@H](c2cc(F)c(F)c(F)c2)[C@]2(C(=O)N(c3ccccc3)N=C2C)[C@@H]1c1ccc(C)cc1. The van der Waals surface area contributed by atoms with Gasteiger partial charge in [-0.25, -0.2) is 22.8 Å². The third-order valence-electron chi connectivity index (χ3n) is 8.06. The van der Waals surface area contributed by atoms with Crippen molar-refractivity contribution in [2.75, 3.05) is 18.2 Å². The quantitative estimate of drug-likeness (QED) is 0.232. The van der Waals surface area contributed by atoms with Crippen LogP contribution in [0.3, 0.4) is 0 Å². The van der Waals surface area contributed by atoms with Gasteiger partial charge in [0.1, 0.15) is 5.41 Å². The molecule has 3 aromatic carbocycles. The van der Waals surface area contributed by atoms with Crippen molar-refractivity contribution in [1.82, 2.24) is 5.32 Å². The fourth-order valence-corrected chi connectivity index (χ4v) is 6.24. The number of rotatable bonds is 7. The number of aryl methyl sites for hydroxylation is 1. The molecule has 8 nitrogen and oxygen atoms in total. The summed E-state index contributed by atoms with van der Waals surface area (Å²) in [6.45, 7) is 6.23. The Morgan fingerprint density at radius 1 is 0.884 bits per heavy atom. The van der Waals surface area contributed by atoms with E-state index in [4.69, 9.17) is 9.47 Å². The summed E-state index contributed by atoms with van der Waals surface area (Å²) in [5.41, 5.74) is -2.80. The van der Waals surface area contributed by atoms with E-state index in [1.54, 1.807) is 75.4 Å². The number of hydrazone groups is 1. The summed E-state index contributed by atoms with van der Waals surface area (Å²) in [6, 6.07) is 15.3. The molecule has 1 saturated heterocycles. The number of para-hydroxylation sites is 1. The molecule has 5 rings (SSSR count). The number of esters is 2. The van der Waals surface area contributed by atoms with Crippen molar-refractivity contribution in [2.24, 2.45) is 10.5 Å². The van der Waals surface area contributed by atoms with E-state index in [1.165, 1.54) is 0 Å². The largest absolute Gasteiger partial charge is 0.464 e. The predicted molar refractivity (Wildman–Crippen MR) is 152 cm³/mol. The molecule has 3 aromatic rings. The lowest BCUT2D eigenvalue weighted by Gasteiger charge is -2.37. The number of anilines is 1. The van der Waals surface area contributed by atoms with E-state index >= 15 is 0 Å². The molecule has 224 valence electrons. The van der Waals surface area contributed by atoms with Crippen molar-refractivity contribution in [3.8, 4) is 0 Å². The fourth-order valence-electron chi connectivity index (χ4n) is 6.24. The van der Waals surface area contributed by atoms with Gasteiger partial charge >= 0.3 is 11.9 Å². The number of ether oxygens (including phenoxy) is 2. The number of hydrogen-bond acceptors (Lipinski definition) is 7. The first kappa shape index (κ1) is 30.0. The Morgan fingerprint density at radius 3 is 1.98 bits per heavy atom. The number of benzene rings is 3. The highest BCUT2D eigenvalue weighted by molar-refractivity contribution is 6.23. The molecule has 2 aliphatic heterocycles. The van der Waals surface area contributed by atoms with Gasteiger partial charge in [0.25, 0.3) is 5.91 Å². The Hall–Kier alpha value is -4.51. The van der Waals surface area contributed by atoms with Gasteiger partial charge in [-0.1, -0.05) is 48.0 Å². The van der Waals surface area contributed by atoms with E-state index in [0.29, 0.717) is 11.3 Å². The Kier molecular flexibility index (Phi) is 7.87. The molecule has 0 radical (unpaired) electrons. The molecule has 43 heavy (non-hydrogen) atoms. The molecule has 0 aliphatic carbocycles. The summed E-state index contributed by atoms with van der Waals surface area (Å²) < 4.78 is 54.6. The van der Waals surface area contributed by atoms with E-state index in [0.717, 1.165) is 22.7 Å². The lowest BCUT2D eigenvalue weighted by molar-refractivity contribution is -0.166. The molecular weight excluding hydrogens is 563 g/mol. The van der Waals surface area contributed by atoms with Crippen LogP contribution in [0.4, 0.5) is 18.9 Å². The molecule has 2 aliphatic rings. The third kappa shape index (κ3) is 4.50.